The Kier molecular flexibility index (Phi) is 3.36. The lowest BCUT2D eigenvalue weighted by atomic mass is 10.1. The summed E-state index contributed by atoms with van der Waals surface area (Å²) in [6.45, 7) is 0.890. The smallest absolute Gasteiger partial charge is 0.125 e. The average Bonchev–Trinajstić information content (AvgIpc) is 2.72. The van der Waals surface area contributed by atoms with Crippen molar-refractivity contribution >= 4 is 23.1 Å². The van der Waals surface area contributed by atoms with E-state index in [9.17, 15) is 4.39 Å². The first kappa shape index (κ1) is 10.6. The second-order valence-corrected chi connectivity index (χ2v) is 4.99. The summed E-state index contributed by atoms with van der Waals surface area (Å²) in [6.07, 6.45) is 1.24. The van der Waals surface area contributed by atoms with Crippen molar-refractivity contribution in [3.8, 4) is 0 Å². The Morgan fingerprint density at radius 1 is 1.53 bits per heavy atom. The lowest BCUT2D eigenvalue weighted by Crippen LogP contribution is -2.14. The van der Waals surface area contributed by atoms with Crippen molar-refractivity contribution in [2.45, 2.75) is 6.42 Å². The summed E-state index contributed by atoms with van der Waals surface area (Å²) in [6, 6.07) is 4.43. The molecule has 1 aromatic rings. The number of benzene rings is 1. The van der Waals surface area contributed by atoms with Gasteiger partial charge in [-0.1, -0.05) is 0 Å². The molecule has 1 aliphatic rings. The van der Waals surface area contributed by atoms with Crippen LogP contribution in [0.15, 0.2) is 18.2 Å². The van der Waals surface area contributed by atoms with Gasteiger partial charge in [0, 0.05) is 6.54 Å². The molecule has 0 radical (unpaired) electrons. The fraction of sp³-hybridized carbons (Fsp3) is 0.455. The fourth-order valence-electron chi connectivity index (χ4n) is 1.68. The topological polar surface area (TPSA) is 38.0 Å². The van der Waals surface area contributed by atoms with Gasteiger partial charge in [0.25, 0.3) is 0 Å². The predicted molar refractivity (Wildman–Crippen MR) is 64.7 cm³/mol. The van der Waals surface area contributed by atoms with Crippen LogP contribution >= 0.6 is 11.8 Å². The Balaban J connectivity index is 1.94. The maximum atomic E-state index is 12.9. The van der Waals surface area contributed by atoms with Crippen LogP contribution < -0.4 is 11.1 Å². The Hall–Kier alpha value is -0.900. The molecule has 0 spiro atoms. The highest BCUT2D eigenvalue weighted by Crippen LogP contribution is 2.25. The largest absolute Gasteiger partial charge is 0.397 e. The lowest BCUT2D eigenvalue weighted by molar-refractivity contribution is 0.622. The fourth-order valence-corrected chi connectivity index (χ4v) is 2.96. The van der Waals surface area contributed by atoms with Crippen molar-refractivity contribution in [1.82, 2.24) is 0 Å². The zero-order chi connectivity index (χ0) is 10.7. The second kappa shape index (κ2) is 4.75. The number of thioether (sulfide) groups is 1. The van der Waals surface area contributed by atoms with Crippen LogP contribution in [0.4, 0.5) is 15.8 Å². The van der Waals surface area contributed by atoms with Gasteiger partial charge in [-0.2, -0.15) is 11.8 Å². The molecule has 0 aliphatic carbocycles. The Bertz CT molecular complexity index is 337. The normalized spacial score (nSPS) is 20.5. The minimum Gasteiger partial charge on any atom is -0.397 e. The number of nitrogens with one attached hydrogen (secondary N) is 1. The summed E-state index contributed by atoms with van der Waals surface area (Å²) in [7, 11) is 0. The summed E-state index contributed by atoms with van der Waals surface area (Å²) >= 11 is 1.98. The van der Waals surface area contributed by atoms with E-state index in [-0.39, 0.29) is 5.82 Å². The summed E-state index contributed by atoms with van der Waals surface area (Å²) in [4.78, 5) is 0. The first-order chi connectivity index (χ1) is 7.25. The summed E-state index contributed by atoms with van der Waals surface area (Å²) < 4.78 is 12.9. The molecule has 0 amide bonds. The van der Waals surface area contributed by atoms with Gasteiger partial charge in [-0.3, -0.25) is 0 Å². The first-order valence-corrected chi connectivity index (χ1v) is 6.28. The van der Waals surface area contributed by atoms with Gasteiger partial charge in [-0.15, -0.1) is 0 Å². The van der Waals surface area contributed by atoms with Crippen LogP contribution in [0.2, 0.25) is 0 Å². The van der Waals surface area contributed by atoms with Crippen molar-refractivity contribution in [1.29, 1.82) is 0 Å². The number of nitrogens with two attached hydrogens (primary N) is 1. The van der Waals surface area contributed by atoms with E-state index >= 15 is 0 Å². The van der Waals surface area contributed by atoms with Crippen LogP contribution in [0.25, 0.3) is 0 Å². The van der Waals surface area contributed by atoms with E-state index in [0.29, 0.717) is 17.3 Å². The molecule has 1 atom stereocenters. The lowest BCUT2D eigenvalue weighted by Gasteiger charge is -2.12. The molecule has 1 aliphatic heterocycles. The predicted octanol–water partition coefficient (Wildman–Crippen LogP) is 2.57. The highest BCUT2D eigenvalue weighted by atomic mass is 32.2. The molecule has 4 heteroatoms. The first-order valence-electron chi connectivity index (χ1n) is 5.12. The van der Waals surface area contributed by atoms with E-state index in [1.54, 1.807) is 6.07 Å². The third kappa shape index (κ3) is 2.78. The maximum absolute atomic E-state index is 12.9. The van der Waals surface area contributed by atoms with Gasteiger partial charge in [-0.25, -0.2) is 4.39 Å². The zero-order valence-corrected chi connectivity index (χ0v) is 9.32. The van der Waals surface area contributed by atoms with Crippen LogP contribution in [0.1, 0.15) is 6.42 Å². The van der Waals surface area contributed by atoms with Crippen LogP contribution in [-0.2, 0) is 0 Å². The minimum atomic E-state index is -0.243. The van der Waals surface area contributed by atoms with E-state index < -0.39 is 0 Å². The Labute approximate surface area is 93.4 Å². The van der Waals surface area contributed by atoms with Gasteiger partial charge in [0.1, 0.15) is 5.82 Å². The molecule has 3 N–H and O–H groups in total. The average molecular weight is 226 g/mol. The van der Waals surface area contributed by atoms with Gasteiger partial charge in [-0.05, 0) is 42.0 Å². The number of rotatable bonds is 3. The van der Waals surface area contributed by atoms with Crippen molar-refractivity contribution < 1.29 is 4.39 Å². The highest BCUT2D eigenvalue weighted by Gasteiger charge is 2.15. The van der Waals surface area contributed by atoms with E-state index in [1.807, 2.05) is 11.8 Å². The van der Waals surface area contributed by atoms with Crippen LogP contribution in [0, 0.1) is 11.7 Å². The summed E-state index contributed by atoms with van der Waals surface area (Å²) in [5.41, 5.74) is 7.07. The zero-order valence-electron chi connectivity index (χ0n) is 8.50. The molecular formula is C11H15FN2S. The quantitative estimate of drug-likeness (QED) is 0.778. The van der Waals surface area contributed by atoms with Crippen molar-refractivity contribution in [3.05, 3.63) is 24.0 Å². The van der Waals surface area contributed by atoms with Crippen LogP contribution in [-0.4, -0.2) is 18.1 Å². The number of hydrogen-bond acceptors (Lipinski definition) is 3. The standard InChI is InChI=1S/C11H15FN2S/c12-9-1-2-10(13)11(5-9)14-6-8-3-4-15-7-8/h1-2,5,8,14H,3-4,6-7,13H2. The molecule has 0 saturated carbocycles. The molecule has 1 fully saturated rings. The third-order valence-electron chi connectivity index (χ3n) is 2.62. The molecule has 2 nitrogen and oxygen atoms in total. The van der Waals surface area contributed by atoms with Gasteiger partial charge in [0.2, 0.25) is 0 Å². The summed E-state index contributed by atoms with van der Waals surface area (Å²) in [5, 5.41) is 3.22. The molecule has 1 unspecified atom stereocenters. The summed E-state index contributed by atoms with van der Waals surface area (Å²) in [5.74, 6) is 2.89. The van der Waals surface area contributed by atoms with Gasteiger partial charge < -0.3 is 11.1 Å². The number of anilines is 2. The van der Waals surface area contributed by atoms with E-state index in [1.165, 1.54) is 30.1 Å². The minimum absolute atomic E-state index is 0.243. The molecule has 1 aromatic carbocycles. The Morgan fingerprint density at radius 3 is 3.13 bits per heavy atom. The number of halogens is 1. The molecule has 1 heterocycles. The highest BCUT2D eigenvalue weighted by molar-refractivity contribution is 7.99. The van der Waals surface area contributed by atoms with Gasteiger partial charge >= 0.3 is 0 Å². The molecule has 82 valence electrons. The molecule has 2 rings (SSSR count). The van der Waals surface area contributed by atoms with Crippen LogP contribution in [0.3, 0.4) is 0 Å². The van der Waals surface area contributed by atoms with E-state index in [2.05, 4.69) is 5.32 Å². The Morgan fingerprint density at radius 2 is 2.40 bits per heavy atom. The van der Waals surface area contributed by atoms with Gasteiger partial charge in [0.05, 0.1) is 11.4 Å². The van der Waals surface area contributed by atoms with Crippen LogP contribution in [0.5, 0.6) is 0 Å². The van der Waals surface area contributed by atoms with Crippen molar-refractivity contribution in [3.63, 3.8) is 0 Å². The van der Waals surface area contributed by atoms with E-state index in [0.717, 1.165) is 6.54 Å². The third-order valence-corrected chi connectivity index (χ3v) is 3.85. The molecule has 0 bridgehead atoms. The second-order valence-electron chi connectivity index (χ2n) is 3.84. The van der Waals surface area contributed by atoms with E-state index in [4.69, 9.17) is 5.73 Å². The SMILES string of the molecule is Nc1ccc(F)cc1NCC1CCSC1. The van der Waals surface area contributed by atoms with Crippen molar-refractivity contribution in [2.24, 2.45) is 5.92 Å². The van der Waals surface area contributed by atoms with Crippen molar-refractivity contribution in [2.75, 3.05) is 29.1 Å². The molecule has 1 saturated heterocycles. The van der Waals surface area contributed by atoms with Gasteiger partial charge in [0.15, 0.2) is 0 Å². The number of nitrogen functional groups attached to an aromatic ring is 1. The monoisotopic (exact) mass is 226 g/mol. The molecule has 0 aromatic heterocycles. The maximum Gasteiger partial charge on any atom is 0.125 e. The molecular weight excluding hydrogens is 211 g/mol. The number of hydrogen-bond donors (Lipinski definition) is 2. The molecule has 15 heavy (non-hydrogen) atoms.